The van der Waals surface area contributed by atoms with E-state index in [2.05, 4.69) is 10.2 Å². The Morgan fingerprint density at radius 2 is 1.94 bits per heavy atom. The number of thiazole rings is 1. The minimum atomic E-state index is -1.39. The van der Waals surface area contributed by atoms with Gasteiger partial charge in [-0.05, 0) is 31.4 Å². The van der Waals surface area contributed by atoms with Crippen molar-refractivity contribution in [2.24, 2.45) is 0 Å². The van der Waals surface area contributed by atoms with Crippen LogP contribution in [0.5, 0.6) is 0 Å². The summed E-state index contributed by atoms with van der Waals surface area (Å²) in [6.07, 6.45) is 1.36. The number of alkyl halides is 1. The number of benzene rings is 1. The molecule has 3 fully saturated rings. The first-order valence-corrected chi connectivity index (χ1v) is 12.1. The first kappa shape index (κ1) is 22.0. The SMILES string of the molecule is O=C(NCC(=O)N1C[C@H](F)[C@H]2OCC(=O)[C@H]21)c1ccc(-c2csc(N3CCCCC3)n2)cc1. The van der Waals surface area contributed by atoms with Gasteiger partial charge < -0.3 is 19.9 Å². The van der Waals surface area contributed by atoms with E-state index in [9.17, 15) is 18.8 Å². The van der Waals surface area contributed by atoms with Crippen molar-refractivity contribution in [1.82, 2.24) is 15.2 Å². The van der Waals surface area contributed by atoms with Crippen LogP contribution in [-0.2, 0) is 14.3 Å². The smallest absolute Gasteiger partial charge is 0.251 e. The summed E-state index contributed by atoms with van der Waals surface area (Å²) in [5.41, 5.74) is 2.19. The molecule has 8 nitrogen and oxygen atoms in total. The zero-order chi connectivity index (χ0) is 22.9. The standard InChI is InChI=1S/C23H25FN4O4S/c24-16-11-28(20-18(29)12-32-21(16)20)19(30)10-25-22(31)15-6-4-14(5-7-15)17-13-33-23(26-17)27-8-2-1-3-9-27/h4-7,13,16,20-21H,1-3,8-12H2,(H,25,31)/t16-,20+,21+/m0/s1. The molecule has 2 aromatic rings. The molecule has 1 aromatic carbocycles. The number of aromatic nitrogens is 1. The van der Waals surface area contributed by atoms with Crippen molar-refractivity contribution in [3.05, 3.63) is 35.2 Å². The van der Waals surface area contributed by atoms with Crippen LogP contribution < -0.4 is 10.2 Å². The number of ether oxygens (including phenoxy) is 1. The number of fused-ring (bicyclic) bond motifs is 1. The normalized spacial score (nSPS) is 24.8. The van der Waals surface area contributed by atoms with Crippen LogP contribution >= 0.6 is 11.3 Å². The highest BCUT2D eigenvalue weighted by atomic mass is 32.1. The monoisotopic (exact) mass is 472 g/mol. The molecule has 0 aliphatic carbocycles. The first-order valence-electron chi connectivity index (χ1n) is 11.2. The van der Waals surface area contributed by atoms with E-state index < -0.39 is 30.1 Å². The number of rotatable bonds is 5. The predicted molar refractivity (Wildman–Crippen MR) is 121 cm³/mol. The summed E-state index contributed by atoms with van der Waals surface area (Å²) in [4.78, 5) is 45.2. The third-order valence-electron chi connectivity index (χ3n) is 6.40. The van der Waals surface area contributed by atoms with Gasteiger partial charge in [-0.3, -0.25) is 14.4 Å². The van der Waals surface area contributed by atoms with E-state index in [0.717, 1.165) is 29.5 Å². The summed E-state index contributed by atoms with van der Waals surface area (Å²) in [6.45, 7) is 1.39. The van der Waals surface area contributed by atoms with Gasteiger partial charge in [0, 0.05) is 29.6 Å². The van der Waals surface area contributed by atoms with Crippen LogP contribution in [0.1, 0.15) is 29.6 Å². The predicted octanol–water partition coefficient (Wildman–Crippen LogP) is 2.05. The average Bonchev–Trinajstić information content (AvgIpc) is 3.56. The molecule has 3 saturated heterocycles. The van der Waals surface area contributed by atoms with E-state index in [-0.39, 0.29) is 25.5 Å². The first-order chi connectivity index (χ1) is 16.0. The van der Waals surface area contributed by atoms with Crippen LogP contribution in [0.3, 0.4) is 0 Å². The molecular weight excluding hydrogens is 447 g/mol. The fourth-order valence-electron chi connectivity index (χ4n) is 4.63. The Morgan fingerprint density at radius 3 is 2.70 bits per heavy atom. The van der Waals surface area contributed by atoms with Gasteiger partial charge in [-0.2, -0.15) is 0 Å². The maximum absolute atomic E-state index is 14.0. The average molecular weight is 473 g/mol. The highest BCUT2D eigenvalue weighted by Crippen LogP contribution is 2.30. The molecule has 0 spiro atoms. The number of nitrogens with one attached hydrogen (secondary N) is 1. The van der Waals surface area contributed by atoms with Crippen LogP contribution in [0.4, 0.5) is 9.52 Å². The highest BCUT2D eigenvalue weighted by Gasteiger charge is 2.52. The number of ketones is 1. The zero-order valence-corrected chi connectivity index (χ0v) is 18.9. The molecule has 0 bridgehead atoms. The highest BCUT2D eigenvalue weighted by molar-refractivity contribution is 7.14. The van der Waals surface area contributed by atoms with Crippen LogP contribution in [0.25, 0.3) is 11.3 Å². The summed E-state index contributed by atoms with van der Waals surface area (Å²) in [5, 5.41) is 5.61. The number of amides is 2. The van der Waals surface area contributed by atoms with E-state index in [1.807, 2.05) is 17.5 Å². The van der Waals surface area contributed by atoms with Crippen molar-refractivity contribution < 1.29 is 23.5 Å². The fourth-order valence-corrected chi connectivity index (χ4v) is 5.52. The summed E-state index contributed by atoms with van der Waals surface area (Å²) in [7, 11) is 0. The Labute approximate surface area is 194 Å². The minimum absolute atomic E-state index is 0.184. The number of hydrogen-bond acceptors (Lipinski definition) is 7. The molecule has 2 amide bonds. The molecule has 33 heavy (non-hydrogen) atoms. The third-order valence-corrected chi connectivity index (χ3v) is 7.31. The van der Waals surface area contributed by atoms with Crippen molar-refractivity contribution in [1.29, 1.82) is 0 Å². The molecule has 3 atom stereocenters. The number of Topliss-reactive ketones (excluding diaryl/α,β-unsaturated/α-hetero) is 1. The quantitative estimate of drug-likeness (QED) is 0.716. The van der Waals surface area contributed by atoms with Gasteiger partial charge in [0.1, 0.15) is 24.9 Å². The molecule has 3 aliphatic rings. The lowest BCUT2D eigenvalue weighted by molar-refractivity contribution is -0.135. The van der Waals surface area contributed by atoms with Gasteiger partial charge >= 0.3 is 0 Å². The van der Waals surface area contributed by atoms with Gasteiger partial charge in [0.05, 0.1) is 18.8 Å². The molecule has 5 rings (SSSR count). The van der Waals surface area contributed by atoms with Crippen molar-refractivity contribution in [3.63, 3.8) is 0 Å². The van der Waals surface area contributed by atoms with Crippen molar-refractivity contribution in [2.75, 3.05) is 37.7 Å². The number of likely N-dealkylation sites (tertiary alicyclic amines) is 1. The Balaban J connectivity index is 1.18. The van der Waals surface area contributed by atoms with Gasteiger partial charge in [-0.15, -0.1) is 11.3 Å². The summed E-state index contributed by atoms with van der Waals surface area (Å²) in [6, 6.07) is 6.15. The summed E-state index contributed by atoms with van der Waals surface area (Å²) >= 11 is 1.63. The molecule has 1 aromatic heterocycles. The molecule has 174 valence electrons. The molecule has 0 saturated carbocycles. The van der Waals surface area contributed by atoms with Gasteiger partial charge in [0.2, 0.25) is 5.91 Å². The van der Waals surface area contributed by atoms with E-state index in [4.69, 9.17) is 9.72 Å². The second kappa shape index (κ2) is 9.18. The van der Waals surface area contributed by atoms with E-state index in [1.165, 1.54) is 24.2 Å². The fraction of sp³-hybridized carbons (Fsp3) is 0.478. The zero-order valence-electron chi connectivity index (χ0n) is 18.0. The lowest BCUT2D eigenvalue weighted by Crippen LogP contribution is -2.46. The number of piperidine rings is 1. The van der Waals surface area contributed by atoms with Crippen LogP contribution in [0.15, 0.2) is 29.6 Å². The van der Waals surface area contributed by atoms with Gasteiger partial charge in [0.15, 0.2) is 10.9 Å². The number of halogens is 1. The van der Waals surface area contributed by atoms with Crippen molar-refractivity contribution in [3.8, 4) is 11.3 Å². The van der Waals surface area contributed by atoms with Gasteiger partial charge in [-0.1, -0.05) is 12.1 Å². The lowest BCUT2D eigenvalue weighted by atomic mass is 10.1. The van der Waals surface area contributed by atoms with Crippen molar-refractivity contribution >= 4 is 34.1 Å². The Hall–Kier alpha value is -2.85. The van der Waals surface area contributed by atoms with E-state index >= 15 is 0 Å². The number of carbonyl (C=O) groups is 3. The Bertz CT molecular complexity index is 1050. The number of nitrogens with zero attached hydrogens (tertiary/aromatic N) is 3. The van der Waals surface area contributed by atoms with Crippen LogP contribution in [0, 0.1) is 0 Å². The maximum atomic E-state index is 14.0. The van der Waals surface area contributed by atoms with Crippen LogP contribution in [-0.4, -0.2) is 78.6 Å². The van der Waals surface area contributed by atoms with Gasteiger partial charge in [-0.25, -0.2) is 9.37 Å². The second-order valence-electron chi connectivity index (χ2n) is 8.57. The van der Waals surface area contributed by atoms with E-state index in [0.29, 0.717) is 5.56 Å². The molecule has 4 heterocycles. The molecule has 3 aliphatic heterocycles. The largest absolute Gasteiger partial charge is 0.365 e. The summed E-state index contributed by atoms with van der Waals surface area (Å²) < 4.78 is 19.2. The summed E-state index contributed by atoms with van der Waals surface area (Å²) in [5.74, 6) is -1.22. The molecule has 0 unspecified atom stereocenters. The van der Waals surface area contributed by atoms with E-state index in [1.54, 1.807) is 23.5 Å². The number of hydrogen-bond donors (Lipinski definition) is 1. The van der Waals surface area contributed by atoms with Gasteiger partial charge in [0.25, 0.3) is 5.91 Å². The molecule has 1 N–H and O–H groups in total. The number of anilines is 1. The minimum Gasteiger partial charge on any atom is -0.365 e. The lowest BCUT2D eigenvalue weighted by Gasteiger charge is -2.25. The molecule has 0 radical (unpaired) electrons. The second-order valence-corrected chi connectivity index (χ2v) is 9.41. The topological polar surface area (TPSA) is 91.8 Å². The number of carbonyl (C=O) groups excluding carboxylic acids is 3. The van der Waals surface area contributed by atoms with Crippen molar-refractivity contribution in [2.45, 2.75) is 37.6 Å². The van der Waals surface area contributed by atoms with Crippen LogP contribution in [0.2, 0.25) is 0 Å². The third kappa shape index (κ3) is 4.37. The maximum Gasteiger partial charge on any atom is 0.251 e. The Morgan fingerprint density at radius 1 is 1.18 bits per heavy atom. The molecule has 10 heteroatoms. The molecular formula is C23H25FN4O4S. The Kier molecular flexibility index (Phi) is 6.11.